The van der Waals surface area contributed by atoms with Crippen molar-refractivity contribution in [1.29, 1.82) is 0 Å². The van der Waals surface area contributed by atoms with E-state index in [0.29, 0.717) is 12.4 Å². The zero-order chi connectivity index (χ0) is 15.2. The first-order chi connectivity index (χ1) is 10.8. The highest BCUT2D eigenvalue weighted by atomic mass is 16.5. The molecule has 1 aliphatic rings. The number of rotatable bonds is 5. The van der Waals surface area contributed by atoms with Gasteiger partial charge in [0, 0.05) is 32.0 Å². The summed E-state index contributed by atoms with van der Waals surface area (Å²) >= 11 is 0. The Labute approximate surface area is 130 Å². The fraction of sp³-hybridized carbons (Fsp3) is 0.412. The molecule has 1 aliphatic heterocycles. The van der Waals surface area contributed by atoms with E-state index in [1.807, 2.05) is 30.3 Å². The number of likely N-dealkylation sites (tertiary alicyclic amines) is 1. The molecule has 1 aromatic heterocycles. The van der Waals surface area contributed by atoms with E-state index in [1.165, 1.54) is 0 Å². The topological polar surface area (TPSA) is 58.5 Å². The van der Waals surface area contributed by atoms with Gasteiger partial charge < -0.3 is 14.7 Å². The van der Waals surface area contributed by atoms with Crippen molar-refractivity contribution in [2.24, 2.45) is 0 Å². The van der Waals surface area contributed by atoms with Gasteiger partial charge in [0.2, 0.25) is 5.88 Å². The van der Waals surface area contributed by atoms with Crippen LogP contribution in [0.2, 0.25) is 0 Å². The molecule has 0 spiro atoms. The summed E-state index contributed by atoms with van der Waals surface area (Å²) in [5.41, 5.74) is 0.973. The van der Waals surface area contributed by atoms with Crippen molar-refractivity contribution in [3.63, 3.8) is 0 Å². The maximum absolute atomic E-state index is 10.3. The maximum atomic E-state index is 10.3. The van der Waals surface area contributed by atoms with Gasteiger partial charge in [0.05, 0.1) is 12.3 Å². The summed E-state index contributed by atoms with van der Waals surface area (Å²) in [5, 5.41) is 10.3. The Kier molecular flexibility index (Phi) is 4.98. The Bertz CT molecular complexity index is 557. The Hall–Kier alpha value is -1.98. The van der Waals surface area contributed by atoms with Gasteiger partial charge in [0.15, 0.2) is 0 Å². The number of hydrogen-bond acceptors (Lipinski definition) is 5. The minimum atomic E-state index is -0.432. The van der Waals surface area contributed by atoms with Crippen LogP contribution in [0.5, 0.6) is 5.88 Å². The molecule has 0 bridgehead atoms. The number of aromatic nitrogens is 2. The molecule has 1 N–H and O–H groups in total. The highest BCUT2D eigenvalue weighted by Gasteiger charge is 2.22. The van der Waals surface area contributed by atoms with E-state index in [1.54, 1.807) is 18.6 Å². The molecule has 22 heavy (non-hydrogen) atoms. The van der Waals surface area contributed by atoms with Crippen LogP contribution in [0.25, 0.3) is 0 Å². The molecule has 1 fully saturated rings. The molecule has 1 atom stereocenters. The van der Waals surface area contributed by atoms with E-state index in [4.69, 9.17) is 4.74 Å². The van der Waals surface area contributed by atoms with E-state index in [0.717, 1.165) is 31.5 Å². The minimum absolute atomic E-state index is 0.182. The second kappa shape index (κ2) is 7.33. The average molecular weight is 299 g/mol. The lowest BCUT2D eigenvalue weighted by molar-refractivity contribution is 0.0591. The molecule has 0 unspecified atom stereocenters. The molecule has 1 saturated heterocycles. The number of benzene rings is 1. The first kappa shape index (κ1) is 14.9. The number of aliphatic hydroxyl groups is 1. The van der Waals surface area contributed by atoms with Crippen LogP contribution >= 0.6 is 0 Å². The number of ether oxygens (including phenoxy) is 1. The minimum Gasteiger partial charge on any atom is -0.473 e. The SMILES string of the molecule is O[C@H](CN1CCC(Oc2cnccn2)CC1)c1ccccc1. The standard InChI is InChI=1S/C17H21N3O2/c21-16(14-4-2-1-3-5-14)13-20-10-6-15(7-11-20)22-17-12-18-8-9-19-17/h1-5,8-9,12,15-16,21H,6-7,10-11,13H2/t16-/m1/s1. The van der Waals surface area contributed by atoms with E-state index in [2.05, 4.69) is 14.9 Å². The van der Waals surface area contributed by atoms with Gasteiger partial charge in [-0.25, -0.2) is 4.98 Å². The summed E-state index contributed by atoms with van der Waals surface area (Å²) in [6.07, 6.45) is 6.56. The maximum Gasteiger partial charge on any atom is 0.232 e. The lowest BCUT2D eigenvalue weighted by atomic mass is 10.1. The number of β-amino-alcohol motifs (C(OH)–C–C–N with tert-alkyl or cyclic N) is 1. The van der Waals surface area contributed by atoms with Crippen molar-refractivity contribution >= 4 is 0 Å². The summed E-state index contributed by atoms with van der Waals surface area (Å²) in [6.45, 7) is 2.52. The Morgan fingerprint density at radius 2 is 1.95 bits per heavy atom. The zero-order valence-corrected chi connectivity index (χ0v) is 12.5. The molecule has 1 aromatic carbocycles. The first-order valence-corrected chi connectivity index (χ1v) is 7.69. The largest absolute Gasteiger partial charge is 0.473 e. The van der Waals surface area contributed by atoms with Gasteiger partial charge in [-0.15, -0.1) is 0 Å². The van der Waals surface area contributed by atoms with Crippen LogP contribution < -0.4 is 4.74 Å². The van der Waals surface area contributed by atoms with Gasteiger partial charge >= 0.3 is 0 Å². The summed E-state index contributed by atoms with van der Waals surface area (Å²) < 4.78 is 5.83. The lowest BCUT2D eigenvalue weighted by Crippen LogP contribution is -2.40. The molecule has 2 aromatic rings. The predicted molar refractivity (Wildman–Crippen MR) is 83.5 cm³/mol. The number of piperidine rings is 1. The lowest BCUT2D eigenvalue weighted by Gasteiger charge is -2.33. The molecular formula is C17H21N3O2. The van der Waals surface area contributed by atoms with E-state index in [-0.39, 0.29) is 6.10 Å². The van der Waals surface area contributed by atoms with Gasteiger partial charge in [0.25, 0.3) is 0 Å². The highest BCUT2D eigenvalue weighted by Crippen LogP contribution is 2.19. The van der Waals surface area contributed by atoms with E-state index < -0.39 is 6.10 Å². The monoisotopic (exact) mass is 299 g/mol. The summed E-state index contributed by atoms with van der Waals surface area (Å²) in [5.74, 6) is 0.588. The molecular weight excluding hydrogens is 278 g/mol. The number of hydrogen-bond donors (Lipinski definition) is 1. The second-order valence-electron chi connectivity index (χ2n) is 5.59. The third kappa shape index (κ3) is 4.02. The fourth-order valence-electron chi connectivity index (χ4n) is 2.75. The van der Waals surface area contributed by atoms with Crippen LogP contribution in [0.1, 0.15) is 24.5 Å². The van der Waals surface area contributed by atoms with Crippen LogP contribution in [0.3, 0.4) is 0 Å². The van der Waals surface area contributed by atoms with Gasteiger partial charge in [-0.2, -0.15) is 0 Å². The van der Waals surface area contributed by atoms with Crippen molar-refractivity contribution in [1.82, 2.24) is 14.9 Å². The van der Waals surface area contributed by atoms with E-state index in [9.17, 15) is 5.11 Å². The zero-order valence-electron chi connectivity index (χ0n) is 12.5. The van der Waals surface area contributed by atoms with Crippen molar-refractivity contribution in [3.05, 3.63) is 54.5 Å². The van der Waals surface area contributed by atoms with Gasteiger partial charge in [0.1, 0.15) is 6.10 Å². The Morgan fingerprint density at radius 3 is 2.64 bits per heavy atom. The van der Waals surface area contributed by atoms with Crippen molar-refractivity contribution < 1.29 is 9.84 Å². The second-order valence-corrected chi connectivity index (χ2v) is 5.59. The van der Waals surface area contributed by atoms with Gasteiger partial charge in [-0.1, -0.05) is 30.3 Å². The van der Waals surface area contributed by atoms with Crippen molar-refractivity contribution in [3.8, 4) is 5.88 Å². The Morgan fingerprint density at radius 1 is 1.18 bits per heavy atom. The summed E-state index contributed by atoms with van der Waals surface area (Å²) in [7, 11) is 0. The Balaban J connectivity index is 1.46. The molecule has 5 nitrogen and oxygen atoms in total. The molecule has 0 aliphatic carbocycles. The smallest absolute Gasteiger partial charge is 0.232 e. The van der Waals surface area contributed by atoms with Gasteiger partial charge in [-0.05, 0) is 18.4 Å². The fourth-order valence-corrected chi connectivity index (χ4v) is 2.75. The molecule has 5 heteroatoms. The third-order valence-electron chi connectivity index (χ3n) is 3.98. The van der Waals surface area contributed by atoms with Gasteiger partial charge in [-0.3, -0.25) is 4.98 Å². The number of nitrogens with zero attached hydrogens (tertiary/aromatic N) is 3. The van der Waals surface area contributed by atoms with E-state index >= 15 is 0 Å². The van der Waals surface area contributed by atoms with Crippen molar-refractivity contribution in [2.75, 3.05) is 19.6 Å². The van der Waals surface area contributed by atoms with Crippen LogP contribution in [0.4, 0.5) is 0 Å². The molecule has 0 amide bonds. The van der Waals surface area contributed by atoms with Crippen molar-refractivity contribution in [2.45, 2.75) is 25.0 Å². The molecule has 2 heterocycles. The molecule has 3 rings (SSSR count). The molecule has 116 valence electrons. The average Bonchev–Trinajstić information content (AvgIpc) is 2.58. The third-order valence-corrected chi connectivity index (χ3v) is 3.98. The predicted octanol–water partition coefficient (Wildman–Crippen LogP) is 2.05. The van der Waals surface area contributed by atoms with Crippen LogP contribution in [-0.4, -0.2) is 45.7 Å². The normalized spacial score (nSPS) is 18.0. The van der Waals surface area contributed by atoms with Crippen LogP contribution in [-0.2, 0) is 0 Å². The molecule has 0 saturated carbocycles. The summed E-state index contributed by atoms with van der Waals surface area (Å²) in [4.78, 5) is 10.4. The quantitative estimate of drug-likeness (QED) is 0.915. The van der Waals surface area contributed by atoms with Crippen LogP contribution in [0.15, 0.2) is 48.9 Å². The van der Waals surface area contributed by atoms with Crippen LogP contribution in [0, 0.1) is 0 Å². The number of aliphatic hydroxyl groups excluding tert-OH is 1. The first-order valence-electron chi connectivity index (χ1n) is 7.69. The summed E-state index contributed by atoms with van der Waals surface area (Å²) in [6, 6.07) is 9.81. The molecule has 0 radical (unpaired) electrons. The highest BCUT2D eigenvalue weighted by molar-refractivity contribution is 5.17.